The third-order valence-corrected chi connectivity index (χ3v) is 4.05. The third kappa shape index (κ3) is 3.35. The molecule has 0 radical (unpaired) electrons. The fraction of sp³-hybridized carbons (Fsp3) is 0.222. The molecule has 0 saturated heterocycles. The van der Waals surface area contributed by atoms with Gasteiger partial charge in [0.1, 0.15) is 0 Å². The zero-order valence-electron chi connectivity index (χ0n) is 14.3. The normalized spacial score (nSPS) is 11.3. The lowest BCUT2D eigenvalue weighted by atomic mass is 10.1. The lowest BCUT2D eigenvalue weighted by molar-refractivity contribution is -0.386. The van der Waals surface area contributed by atoms with Crippen LogP contribution in [-0.2, 0) is 6.54 Å². The van der Waals surface area contributed by atoms with Crippen LogP contribution in [0.5, 0.6) is 0 Å². The summed E-state index contributed by atoms with van der Waals surface area (Å²) < 4.78 is 6.98. The number of hydrogen-bond acceptors (Lipinski definition) is 5. The highest BCUT2D eigenvalue weighted by Gasteiger charge is 2.22. The first-order valence-electron chi connectivity index (χ1n) is 7.84. The minimum Gasteiger partial charge on any atom is -0.349 e. The van der Waals surface area contributed by atoms with Crippen LogP contribution in [-0.4, -0.2) is 19.9 Å². The molecule has 0 aliphatic carbocycles. The van der Waals surface area contributed by atoms with Gasteiger partial charge in [-0.25, -0.2) is 0 Å². The molecule has 0 bridgehead atoms. The van der Waals surface area contributed by atoms with Gasteiger partial charge in [-0.15, -0.1) is 0 Å². The summed E-state index contributed by atoms with van der Waals surface area (Å²) in [7, 11) is 0. The van der Waals surface area contributed by atoms with E-state index in [1.54, 1.807) is 19.1 Å². The summed E-state index contributed by atoms with van der Waals surface area (Å²) >= 11 is 0. The van der Waals surface area contributed by atoms with Crippen LogP contribution in [0, 0.1) is 30.9 Å². The summed E-state index contributed by atoms with van der Waals surface area (Å²) in [6.07, 6.45) is 3.36. The van der Waals surface area contributed by atoms with E-state index in [-0.39, 0.29) is 17.1 Å². The Hall–Kier alpha value is -3.22. The second kappa shape index (κ2) is 6.72. The van der Waals surface area contributed by atoms with Crippen LogP contribution >= 0.6 is 0 Å². The number of benzene rings is 1. The van der Waals surface area contributed by atoms with Gasteiger partial charge in [0, 0.05) is 11.3 Å². The maximum absolute atomic E-state index is 11.1. The SMILES string of the molecule is Cc1nn(Cc2ccccc2)c(C)c1/C=C/c1onc(C)c1[N+](=O)[O-]. The maximum Gasteiger partial charge on any atom is 0.338 e. The van der Waals surface area contributed by atoms with E-state index in [1.165, 1.54) is 0 Å². The van der Waals surface area contributed by atoms with Gasteiger partial charge in [0.05, 0.1) is 17.2 Å². The number of hydrogen-bond donors (Lipinski definition) is 0. The minimum atomic E-state index is -0.482. The molecule has 0 unspecified atom stereocenters. The summed E-state index contributed by atoms with van der Waals surface area (Å²) in [5.41, 5.74) is 4.06. The minimum absolute atomic E-state index is 0.108. The van der Waals surface area contributed by atoms with Crippen molar-refractivity contribution < 1.29 is 9.45 Å². The van der Waals surface area contributed by atoms with Crippen molar-refractivity contribution in [3.63, 3.8) is 0 Å². The Bertz CT molecular complexity index is 939. The molecule has 0 aliphatic heterocycles. The highest BCUT2D eigenvalue weighted by atomic mass is 16.6. The van der Waals surface area contributed by atoms with E-state index in [0.717, 1.165) is 22.5 Å². The van der Waals surface area contributed by atoms with Crippen molar-refractivity contribution in [2.45, 2.75) is 27.3 Å². The van der Waals surface area contributed by atoms with Gasteiger partial charge in [0.15, 0.2) is 5.69 Å². The van der Waals surface area contributed by atoms with Crippen molar-refractivity contribution in [3.05, 3.63) is 74.4 Å². The Labute approximate surface area is 144 Å². The molecule has 7 heteroatoms. The Morgan fingerprint density at radius 1 is 1.16 bits per heavy atom. The Morgan fingerprint density at radius 3 is 2.56 bits per heavy atom. The summed E-state index contributed by atoms with van der Waals surface area (Å²) in [6.45, 7) is 6.10. The molecule has 0 spiro atoms. The largest absolute Gasteiger partial charge is 0.349 e. The average molecular weight is 338 g/mol. The second-order valence-corrected chi connectivity index (χ2v) is 5.80. The molecule has 0 amide bonds. The first-order chi connectivity index (χ1) is 12.0. The highest BCUT2D eigenvalue weighted by molar-refractivity contribution is 5.73. The second-order valence-electron chi connectivity index (χ2n) is 5.80. The average Bonchev–Trinajstić information content (AvgIpc) is 3.07. The molecular weight excluding hydrogens is 320 g/mol. The van der Waals surface area contributed by atoms with Crippen molar-refractivity contribution in [3.8, 4) is 0 Å². The smallest absolute Gasteiger partial charge is 0.338 e. The quantitative estimate of drug-likeness (QED) is 0.520. The summed E-state index contributed by atoms with van der Waals surface area (Å²) in [5.74, 6) is 0.136. The predicted molar refractivity (Wildman–Crippen MR) is 94.1 cm³/mol. The van der Waals surface area contributed by atoms with Crippen LogP contribution in [0.2, 0.25) is 0 Å². The van der Waals surface area contributed by atoms with E-state index in [9.17, 15) is 10.1 Å². The molecule has 128 valence electrons. The first kappa shape index (κ1) is 16.6. The zero-order valence-corrected chi connectivity index (χ0v) is 14.3. The molecule has 25 heavy (non-hydrogen) atoms. The third-order valence-electron chi connectivity index (χ3n) is 4.05. The molecule has 0 fully saturated rings. The van der Waals surface area contributed by atoms with Gasteiger partial charge >= 0.3 is 5.69 Å². The number of nitro groups is 1. The number of rotatable bonds is 5. The van der Waals surface area contributed by atoms with Crippen molar-refractivity contribution in [1.29, 1.82) is 0 Å². The van der Waals surface area contributed by atoms with Crippen LogP contribution in [0.4, 0.5) is 5.69 Å². The van der Waals surface area contributed by atoms with Crippen molar-refractivity contribution in [2.24, 2.45) is 0 Å². The van der Waals surface area contributed by atoms with Gasteiger partial charge < -0.3 is 4.52 Å². The summed E-state index contributed by atoms with van der Waals surface area (Å²) in [4.78, 5) is 10.6. The van der Waals surface area contributed by atoms with Gasteiger partial charge in [-0.3, -0.25) is 14.8 Å². The molecule has 0 atom stereocenters. The standard InChI is InChI=1S/C18H18N4O3/c1-12-16(9-10-17-18(22(23)24)13(2)20-25-17)14(3)21(19-12)11-15-7-5-4-6-8-15/h4-10H,11H2,1-3H3/b10-9+. The maximum atomic E-state index is 11.1. The lowest BCUT2D eigenvalue weighted by Gasteiger charge is -2.04. The fourth-order valence-electron chi connectivity index (χ4n) is 2.74. The van der Waals surface area contributed by atoms with Crippen molar-refractivity contribution in [2.75, 3.05) is 0 Å². The number of nitrogens with zero attached hydrogens (tertiary/aromatic N) is 4. The Kier molecular flexibility index (Phi) is 4.47. The molecule has 1 aromatic carbocycles. The van der Waals surface area contributed by atoms with Crippen LogP contribution in [0.25, 0.3) is 12.2 Å². The molecule has 0 N–H and O–H groups in total. The van der Waals surface area contributed by atoms with E-state index >= 15 is 0 Å². The van der Waals surface area contributed by atoms with Gasteiger partial charge in [-0.1, -0.05) is 35.5 Å². The van der Waals surface area contributed by atoms with E-state index in [2.05, 4.69) is 10.3 Å². The van der Waals surface area contributed by atoms with Crippen LogP contribution < -0.4 is 0 Å². The lowest BCUT2D eigenvalue weighted by Crippen LogP contribution is -2.03. The van der Waals surface area contributed by atoms with Gasteiger partial charge in [0.2, 0.25) is 5.76 Å². The van der Waals surface area contributed by atoms with E-state index in [1.807, 2.05) is 48.9 Å². The first-order valence-corrected chi connectivity index (χ1v) is 7.84. The molecule has 2 heterocycles. The molecule has 0 aliphatic rings. The molecule has 2 aromatic heterocycles. The van der Waals surface area contributed by atoms with Crippen LogP contribution in [0.3, 0.4) is 0 Å². The van der Waals surface area contributed by atoms with Crippen LogP contribution in [0.1, 0.15) is 34.0 Å². The number of aromatic nitrogens is 3. The predicted octanol–water partition coefficient (Wildman–Crippen LogP) is 3.92. The number of aryl methyl sites for hydroxylation is 2. The Morgan fingerprint density at radius 2 is 1.88 bits per heavy atom. The molecule has 0 saturated carbocycles. The highest BCUT2D eigenvalue weighted by Crippen LogP contribution is 2.25. The fourth-order valence-corrected chi connectivity index (χ4v) is 2.74. The van der Waals surface area contributed by atoms with Crippen molar-refractivity contribution >= 4 is 17.8 Å². The van der Waals surface area contributed by atoms with Gasteiger partial charge in [-0.05, 0) is 38.5 Å². The van der Waals surface area contributed by atoms with Crippen LogP contribution in [0.15, 0.2) is 34.9 Å². The molecule has 3 rings (SSSR count). The summed E-state index contributed by atoms with van der Waals surface area (Å²) in [6, 6.07) is 10.1. The van der Waals surface area contributed by atoms with Crippen molar-refractivity contribution in [1.82, 2.24) is 14.9 Å². The van der Waals surface area contributed by atoms with E-state index in [0.29, 0.717) is 6.54 Å². The topological polar surface area (TPSA) is 87.0 Å². The Balaban J connectivity index is 1.90. The molecular formula is C18H18N4O3. The van der Waals surface area contributed by atoms with E-state index < -0.39 is 4.92 Å². The van der Waals surface area contributed by atoms with E-state index in [4.69, 9.17) is 4.52 Å². The molecule has 7 nitrogen and oxygen atoms in total. The van der Waals surface area contributed by atoms with Gasteiger partial charge in [-0.2, -0.15) is 5.10 Å². The zero-order chi connectivity index (χ0) is 18.0. The van der Waals surface area contributed by atoms with Gasteiger partial charge in [0.25, 0.3) is 0 Å². The molecule has 3 aromatic rings. The monoisotopic (exact) mass is 338 g/mol. The summed E-state index contributed by atoms with van der Waals surface area (Å²) in [5, 5.41) is 19.3.